The first kappa shape index (κ1) is 23.2. The van der Waals surface area contributed by atoms with Crippen molar-refractivity contribution in [3.63, 3.8) is 0 Å². The van der Waals surface area contributed by atoms with Gasteiger partial charge in [0.05, 0.1) is 35.8 Å². The number of aryl methyl sites for hydroxylation is 3. The van der Waals surface area contributed by atoms with Gasteiger partial charge in [-0.2, -0.15) is 9.78 Å². The van der Waals surface area contributed by atoms with Crippen LogP contribution in [0.2, 0.25) is 0 Å². The van der Waals surface area contributed by atoms with Crippen molar-refractivity contribution >= 4 is 28.6 Å². The zero-order valence-corrected chi connectivity index (χ0v) is 21.1. The molecule has 172 valence electrons. The average Bonchev–Trinajstić information content (AvgIpc) is 3.51. The monoisotopic (exact) mass is 482 g/mol. The van der Waals surface area contributed by atoms with E-state index in [1.54, 1.807) is 58.8 Å². The number of carbonyl (C=O) groups excluding carboxylic acids is 1. The van der Waals surface area contributed by atoms with Crippen LogP contribution in [0.15, 0.2) is 29.9 Å². The van der Waals surface area contributed by atoms with E-state index in [4.69, 9.17) is 9.72 Å². The standard InChI is InChI=1S/C23H26N6O2S2/c1-13-12-32-21(26-13)15(3)28(5)22(30)18-10-25-29(20(18)11-31-6)23-24-8-7-19(27-23)17-9-14(2)33-16(17)4/h7-10,12,15H,11H2,1-6H3/t15-/m1/s1. The van der Waals surface area contributed by atoms with E-state index < -0.39 is 0 Å². The highest BCUT2D eigenvalue weighted by atomic mass is 32.1. The number of carbonyl (C=O) groups is 1. The normalized spacial score (nSPS) is 12.2. The number of thiophene rings is 1. The van der Waals surface area contributed by atoms with Crippen LogP contribution in [0.1, 0.15) is 49.5 Å². The second-order valence-corrected chi connectivity index (χ2v) is 10.2. The number of amides is 1. The molecule has 0 unspecified atom stereocenters. The van der Waals surface area contributed by atoms with Crippen LogP contribution in [0.25, 0.3) is 17.2 Å². The second-order valence-electron chi connectivity index (χ2n) is 7.84. The van der Waals surface area contributed by atoms with Gasteiger partial charge in [-0.25, -0.2) is 15.0 Å². The van der Waals surface area contributed by atoms with Crippen molar-refractivity contribution in [3.8, 4) is 17.2 Å². The van der Waals surface area contributed by atoms with Crippen molar-refractivity contribution in [2.75, 3.05) is 14.2 Å². The van der Waals surface area contributed by atoms with E-state index >= 15 is 0 Å². The average molecular weight is 483 g/mol. The predicted molar refractivity (Wildman–Crippen MR) is 130 cm³/mol. The molecule has 0 aromatic carbocycles. The van der Waals surface area contributed by atoms with E-state index in [0.717, 1.165) is 22.0 Å². The quantitative estimate of drug-likeness (QED) is 0.378. The molecule has 0 aliphatic carbocycles. The SMILES string of the molecule is COCc1c(C(=O)N(C)[C@H](C)c2nc(C)cs2)cnn1-c1nccc(-c2cc(C)sc2C)n1. The summed E-state index contributed by atoms with van der Waals surface area (Å²) in [5.74, 6) is 0.238. The molecule has 0 N–H and O–H groups in total. The maximum Gasteiger partial charge on any atom is 0.257 e. The molecule has 0 radical (unpaired) electrons. The topological polar surface area (TPSA) is 86.0 Å². The molecule has 4 aromatic rings. The second kappa shape index (κ2) is 9.50. The summed E-state index contributed by atoms with van der Waals surface area (Å²) in [4.78, 5) is 31.2. The van der Waals surface area contributed by atoms with Gasteiger partial charge in [0.2, 0.25) is 0 Å². The van der Waals surface area contributed by atoms with E-state index in [1.165, 1.54) is 9.75 Å². The van der Waals surface area contributed by atoms with E-state index in [1.807, 2.05) is 25.3 Å². The highest BCUT2D eigenvalue weighted by Gasteiger charge is 2.26. The first-order valence-electron chi connectivity index (χ1n) is 10.5. The Hall–Kier alpha value is -2.95. The number of aromatic nitrogens is 5. The van der Waals surface area contributed by atoms with Crippen molar-refractivity contribution in [2.45, 2.75) is 40.3 Å². The molecular formula is C23H26N6O2S2. The Morgan fingerprint density at radius 2 is 2.06 bits per heavy atom. The summed E-state index contributed by atoms with van der Waals surface area (Å²) in [5.41, 5.74) is 3.90. The summed E-state index contributed by atoms with van der Waals surface area (Å²) in [6.07, 6.45) is 3.27. The summed E-state index contributed by atoms with van der Waals surface area (Å²) in [6, 6.07) is 3.84. The van der Waals surface area contributed by atoms with E-state index in [0.29, 0.717) is 17.2 Å². The van der Waals surface area contributed by atoms with E-state index in [-0.39, 0.29) is 18.6 Å². The first-order valence-corrected chi connectivity index (χ1v) is 12.2. The van der Waals surface area contributed by atoms with E-state index in [9.17, 15) is 4.79 Å². The molecule has 10 heteroatoms. The molecular weight excluding hydrogens is 456 g/mol. The molecule has 8 nitrogen and oxygen atoms in total. The molecule has 0 saturated heterocycles. The number of hydrogen-bond acceptors (Lipinski definition) is 8. The smallest absolute Gasteiger partial charge is 0.257 e. The summed E-state index contributed by atoms with van der Waals surface area (Å²) in [6.45, 7) is 8.27. The lowest BCUT2D eigenvalue weighted by atomic mass is 10.2. The molecule has 4 aromatic heterocycles. The lowest BCUT2D eigenvalue weighted by Gasteiger charge is -2.23. The number of hydrogen-bond donors (Lipinski definition) is 0. The fourth-order valence-electron chi connectivity index (χ4n) is 3.58. The third kappa shape index (κ3) is 4.59. The highest BCUT2D eigenvalue weighted by molar-refractivity contribution is 7.12. The molecule has 1 atom stereocenters. The Morgan fingerprint density at radius 3 is 2.70 bits per heavy atom. The van der Waals surface area contributed by atoms with Crippen LogP contribution in [0.5, 0.6) is 0 Å². The minimum Gasteiger partial charge on any atom is -0.378 e. The van der Waals surface area contributed by atoms with Crippen LogP contribution in [0, 0.1) is 20.8 Å². The molecule has 33 heavy (non-hydrogen) atoms. The molecule has 0 aliphatic rings. The fourth-order valence-corrected chi connectivity index (χ4v) is 5.41. The van der Waals surface area contributed by atoms with Crippen LogP contribution >= 0.6 is 22.7 Å². The zero-order valence-electron chi connectivity index (χ0n) is 19.5. The van der Waals surface area contributed by atoms with Gasteiger partial charge in [0.15, 0.2) is 0 Å². The Balaban J connectivity index is 1.69. The molecule has 1 amide bonds. The Labute approximate surface area is 200 Å². The molecule has 4 rings (SSSR count). The fraction of sp³-hybridized carbons (Fsp3) is 0.348. The zero-order chi connectivity index (χ0) is 23.7. The van der Waals surface area contributed by atoms with Crippen molar-refractivity contribution in [1.82, 2.24) is 29.6 Å². The van der Waals surface area contributed by atoms with Gasteiger partial charge in [0.25, 0.3) is 11.9 Å². The number of methoxy groups -OCH3 is 1. The Bertz CT molecular complexity index is 1290. The molecule has 4 heterocycles. The largest absolute Gasteiger partial charge is 0.378 e. The number of nitrogens with zero attached hydrogens (tertiary/aromatic N) is 6. The molecule has 0 spiro atoms. The van der Waals surface area contributed by atoms with Crippen molar-refractivity contribution in [3.05, 3.63) is 61.6 Å². The van der Waals surface area contributed by atoms with Gasteiger partial charge in [-0.05, 0) is 39.8 Å². The van der Waals surface area contributed by atoms with Crippen molar-refractivity contribution in [1.29, 1.82) is 0 Å². The van der Waals surface area contributed by atoms with Gasteiger partial charge in [0.1, 0.15) is 5.01 Å². The summed E-state index contributed by atoms with van der Waals surface area (Å²) < 4.78 is 6.99. The van der Waals surface area contributed by atoms with Gasteiger partial charge < -0.3 is 9.64 Å². The maximum atomic E-state index is 13.4. The molecule has 0 saturated carbocycles. The van der Waals surface area contributed by atoms with Crippen LogP contribution in [0.3, 0.4) is 0 Å². The number of thiazole rings is 1. The van der Waals surface area contributed by atoms with Crippen LogP contribution < -0.4 is 0 Å². The first-order chi connectivity index (χ1) is 15.8. The summed E-state index contributed by atoms with van der Waals surface area (Å²) in [5, 5.41) is 7.34. The van der Waals surface area contributed by atoms with Gasteiger partial charge in [0, 0.05) is 46.7 Å². The van der Waals surface area contributed by atoms with Gasteiger partial charge >= 0.3 is 0 Å². The molecule has 0 fully saturated rings. The molecule has 0 bridgehead atoms. The van der Waals surface area contributed by atoms with Gasteiger partial charge in [-0.1, -0.05) is 0 Å². The van der Waals surface area contributed by atoms with Crippen molar-refractivity contribution in [2.24, 2.45) is 0 Å². The van der Waals surface area contributed by atoms with Crippen LogP contribution in [-0.4, -0.2) is 49.7 Å². The highest BCUT2D eigenvalue weighted by Crippen LogP contribution is 2.30. The minimum absolute atomic E-state index is 0.158. The lowest BCUT2D eigenvalue weighted by molar-refractivity contribution is 0.0737. The Morgan fingerprint density at radius 1 is 1.27 bits per heavy atom. The minimum atomic E-state index is -0.167. The van der Waals surface area contributed by atoms with E-state index in [2.05, 4.69) is 35.0 Å². The summed E-state index contributed by atoms with van der Waals surface area (Å²) >= 11 is 3.28. The summed E-state index contributed by atoms with van der Waals surface area (Å²) in [7, 11) is 3.36. The van der Waals surface area contributed by atoms with Crippen LogP contribution in [0.4, 0.5) is 0 Å². The number of ether oxygens (including phenoxy) is 1. The third-order valence-electron chi connectivity index (χ3n) is 5.43. The Kier molecular flexibility index (Phi) is 6.68. The van der Waals surface area contributed by atoms with Gasteiger partial charge in [-0.15, -0.1) is 22.7 Å². The third-order valence-corrected chi connectivity index (χ3v) is 7.52. The van der Waals surface area contributed by atoms with Crippen LogP contribution in [-0.2, 0) is 11.3 Å². The lowest BCUT2D eigenvalue weighted by Crippen LogP contribution is -2.30. The number of rotatable bonds is 7. The van der Waals surface area contributed by atoms with Crippen molar-refractivity contribution < 1.29 is 9.53 Å². The molecule has 0 aliphatic heterocycles. The van der Waals surface area contributed by atoms with Gasteiger partial charge in [-0.3, -0.25) is 4.79 Å². The predicted octanol–water partition coefficient (Wildman–Crippen LogP) is 4.75. The maximum absolute atomic E-state index is 13.4.